The van der Waals surface area contributed by atoms with Crippen LogP contribution in [0.15, 0.2) is 12.2 Å². The molecule has 0 bridgehead atoms. The van der Waals surface area contributed by atoms with Gasteiger partial charge in [0.1, 0.15) is 0 Å². The van der Waals surface area contributed by atoms with Crippen LogP contribution in [0, 0.1) is 11.3 Å². The van der Waals surface area contributed by atoms with E-state index in [1.165, 1.54) is 7.11 Å². The smallest absolute Gasteiger partial charge is 0.305 e. The molecule has 1 atom stereocenters. The second-order valence-electron chi connectivity index (χ2n) is 5.17. The Hall–Kier alpha value is -0.790. The standard InChI is InChI=1S/C13H24O2/c1-11(9-10-13(2,3)4)7-6-8-12(14)15-5/h9-11H,6-8H2,1-5H3/b10-9+. The molecule has 0 heterocycles. The first kappa shape index (κ1) is 14.2. The van der Waals surface area contributed by atoms with Crippen molar-refractivity contribution in [3.63, 3.8) is 0 Å². The highest BCUT2D eigenvalue weighted by Gasteiger charge is 2.06. The molecule has 0 aliphatic rings. The number of rotatable bonds is 5. The summed E-state index contributed by atoms with van der Waals surface area (Å²) in [6, 6.07) is 0. The fourth-order valence-corrected chi connectivity index (χ4v) is 1.22. The maximum absolute atomic E-state index is 10.9. The molecule has 0 aromatic carbocycles. The minimum atomic E-state index is -0.109. The van der Waals surface area contributed by atoms with Gasteiger partial charge < -0.3 is 4.74 Å². The predicted molar refractivity (Wildman–Crippen MR) is 63.6 cm³/mol. The van der Waals surface area contributed by atoms with E-state index in [1.54, 1.807) is 0 Å². The van der Waals surface area contributed by atoms with Crippen LogP contribution in [0.25, 0.3) is 0 Å². The highest BCUT2D eigenvalue weighted by Crippen LogP contribution is 2.18. The third-order valence-corrected chi connectivity index (χ3v) is 2.19. The Morgan fingerprint density at radius 2 is 2.00 bits per heavy atom. The van der Waals surface area contributed by atoms with Gasteiger partial charge >= 0.3 is 5.97 Å². The molecule has 0 spiro atoms. The molecular formula is C13H24O2. The third-order valence-electron chi connectivity index (χ3n) is 2.19. The van der Waals surface area contributed by atoms with Crippen molar-refractivity contribution >= 4 is 5.97 Å². The van der Waals surface area contributed by atoms with E-state index in [4.69, 9.17) is 0 Å². The Balaban J connectivity index is 3.71. The second-order valence-corrected chi connectivity index (χ2v) is 5.17. The molecule has 0 saturated carbocycles. The van der Waals surface area contributed by atoms with Gasteiger partial charge in [-0.25, -0.2) is 0 Å². The van der Waals surface area contributed by atoms with Crippen molar-refractivity contribution in [1.82, 2.24) is 0 Å². The van der Waals surface area contributed by atoms with Crippen LogP contribution in [-0.4, -0.2) is 13.1 Å². The van der Waals surface area contributed by atoms with Crippen LogP contribution in [0.2, 0.25) is 0 Å². The second kappa shape index (κ2) is 6.65. The molecule has 0 rings (SSSR count). The van der Waals surface area contributed by atoms with Crippen molar-refractivity contribution in [2.75, 3.05) is 7.11 Å². The van der Waals surface area contributed by atoms with Crippen LogP contribution in [-0.2, 0) is 9.53 Å². The minimum Gasteiger partial charge on any atom is -0.469 e. The molecule has 0 fully saturated rings. The Morgan fingerprint density at radius 3 is 2.47 bits per heavy atom. The van der Waals surface area contributed by atoms with Crippen molar-refractivity contribution in [2.24, 2.45) is 11.3 Å². The zero-order valence-electron chi connectivity index (χ0n) is 10.7. The summed E-state index contributed by atoms with van der Waals surface area (Å²) in [5.74, 6) is 0.427. The van der Waals surface area contributed by atoms with Gasteiger partial charge in [-0.1, -0.05) is 39.8 Å². The van der Waals surface area contributed by atoms with Gasteiger partial charge in [-0.05, 0) is 24.2 Å². The van der Waals surface area contributed by atoms with E-state index in [-0.39, 0.29) is 11.4 Å². The fourth-order valence-electron chi connectivity index (χ4n) is 1.22. The van der Waals surface area contributed by atoms with Gasteiger partial charge in [0.2, 0.25) is 0 Å². The summed E-state index contributed by atoms with van der Waals surface area (Å²) in [5, 5.41) is 0. The molecule has 0 aliphatic carbocycles. The highest BCUT2D eigenvalue weighted by molar-refractivity contribution is 5.68. The topological polar surface area (TPSA) is 26.3 Å². The van der Waals surface area contributed by atoms with Crippen LogP contribution in [0.5, 0.6) is 0 Å². The van der Waals surface area contributed by atoms with Gasteiger partial charge in [0, 0.05) is 6.42 Å². The summed E-state index contributed by atoms with van der Waals surface area (Å²) in [4.78, 5) is 10.9. The first-order valence-electron chi connectivity index (χ1n) is 5.61. The molecule has 1 unspecified atom stereocenters. The molecule has 0 aromatic rings. The lowest BCUT2D eigenvalue weighted by Gasteiger charge is -2.13. The average Bonchev–Trinajstić information content (AvgIpc) is 2.13. The van der Waals surface area contributed by atoms with Gasteiger partial charge in [-0.15, -0.1) is 0 Å². The van der Waals surface area contributed by atoms with Crippen molar-refractivity contribution < 1.29 is 9.53 Å². The predicted octanol–water partition coefficient (Wildman–Crippen LogP) is 3.57. The molecule has 2 heteroatoms. The van der Waals surface area contributed by atoms with Crippen LogP contribution >= 0.6 is 0 Å². The van der Waals surface area contributed by atoms with Crippen LogP contribution in [0.3, 0.4) is 0 Å². The zero-order chi connectivity index (χ0) is 11.9. The number of carbonyl (C=O) groups excluding carboxylic acids is 1. The number of allylic oxidation sites excluding steroid dienone is 2. The maximum atomic E-state index is 10.9. The summed E-state index contributed by atoms with van der Waals surface area (Å²) in [6.07, 6.45) is 6.95. The molecule has 0 saturated heterocycles. The largest absolute Gasteiger partial charge is 0.469 e. The highest BCUT2D eigenvalue weighted by atomic mass is 16.5. The third kappa shape index (κ3) is 9.51. The first-order valence-corrected chi connectivity index (χ1v) is 5.61. The lowest BCUT2D eigenvalue weighted by atomic mass is 9.93. The van der Waals surface area contributed by atoms with E-state index in [9.17, 15) is 4.79 Å². The van der Waals surface area contributed by atoms with E-state index < -0.39 is 0 Å². The summed E-state index contributed by atoms with van der Waals surface area (Å²) in [6.45, 7) is 8.74. The average molecular weight is 212 g/mol. The maximum Gasteiger partial charge on any atom is 0.305 e. The minimum absolute atomic E-state index is 0.109. The number of esters is 1. The Labute approximate surface area is 93.7 Å². The van der Waals surface area contributed by atoms with E-state index >= 15 is 0 Å². The molecule has 0 radical (unpaired) electrons. The lowest BCUT2D eigenvalue weighted by molar-refractivity contribution is -0.140. The van der Waals surface area contributed by atoms with Crippen molar-refractivity contribution in [2.45, 2.75) is 47.0 Å². The van der Waals surface area contributed by atoms with Crippen LogP contribution < -0.4 is 0 Å². The fraction of sp³-hybridized carbons (Fsp3) is 0.769. The monoisotopic (exact) mass is 212 g/mol. The zero-order valence-corrected chi connectivity index (χ0v) is 10.7. The molecule has 0 aliphatic heterocycles. The number of carbonyl (C=O) groups is 1. The quantitative estimate of drug-likeness (QED) is 0.514. The summed E-state index contributed by atoms with van der Waals surface area (Å²) < 4.78 is 4.59. The van der Waals surface area contributed by atoms with Crippen molar-refractivity contribution in [3.05, 3.63) is 12.2 Å². The number of methoxy groups -OCH3 is 1. The van der Waals surface area contributed by atoms with Gasteiger partial charge in [0.15, 0.2) is 0 Å². The Morgan fingerprint density at radius 1 is 1.40 bits per heavy atom. The molecular weight excluding hydrogens is 188 g/mol. The Kier molecular flexibility index (Phi) is 6.30. The molecule has 0 amide bonds. The van der Waals surface area contributed by atoms with E-state index in [2.05, 4.69) is 44.6 Å². The van der Waals surface area contributed by atoms with Crippen LogP contribution in [0.1, 0.15) is 47.0 Å². The summed E-state index contributed by atoms with van der Waals surface area (Å²) in [5.41, 5.74) is 0.247. The SMILES string of the molecule is COC(=O)CCCC(C)/C=C/C(C)(C)C. The van der Waals surface area contributed by atoms with Gasteiger partial charge in [-0.3, -0.25) is 4.79 Å². The summed E-state index contributed by atoms with van der Waals surface area (Å²) >= 11 is 0. The Bertz CT molecular complexity index is 211. The van der Waals surface area contributed by atoms with Crippen molar-refractivity contribution in [1.29, 1.82) is 0 Å². The number of hydrogen-bond acceptors (Lipinski definition) is 2. The van der Waals surface area contributed by atoms with Crippen molar-refractivity contribution in [3.8, 4) is 0 Å². The molecule has 2 nitrogen and oxygen atoms in total. The molecule has 0 aromatic heterocycles. The van der Waals surface area contributed by atoms with Gasteiger partial charge in [-0.2, -0.15) is 0 Å². The first-order chi connectivity index (χ1) is 6.85. The van der Waals surface area contributed by atoms with E-state index in [0.29, 0.717) is 12.3 Å². The van der Waals surface area contributed by atoms with Crippen LogP contribution in [0.4, 0.5) is 0 Å². The lowest BCUT2D eigenvalue weighted by Crippen LogP contribution is -2.02. The van der Waals surface area contributed by atoms with Gasteiger partial charge in [0.25, 0.3) is 0 Å². The molecule has 15 heavy (non-hydrogen) atoms. The molecule has 88 valence electrons. The van der Waals surface area contributed by atoms with E-state index in [1.807, 2.05) is 0 Å². The number of hydrogen-bond donors (Lipinski definition) is 0. The number of ether oxygens (including phenoxy) is 1. The summed E-state index contributed by atoms with van der Waals surface area (Å²) in [7, 11) is 1.44. The van der Waals surface area contributed by atoms with E-state index in [0.717, 1.165) is 12.8 Å². The molecule has 0 N–H and O–H groups in total. The van der Waals surface area contributed by atoms with Gasteiger partial charge in [0.05, 0.1) is 7.11 Å². The normalized spacial score (nSPS) is 14.2.